The lowest BCUT2D eigenvalue weighted by molar-refractivity contribution is 0.462. The van der Waals surface area contributed by atoms with Crippen LogP contribution >= 0.6 is 11.3 Å². The monoisotopic (exact) mass is 314 g/mol. The van der Waals surface area contributed by atoms with Crippen molar-refractivity contribution in [1.29, 1.82) is 0 Å². The van der Waals surface area contributed by atoms with E-state index in [1.54, 1.807) is 24.7 Å². The second-order valence-corrected chi connectivity index (χ2v) is 7.31. The van der Waals surface area contributed by atoms with Crippen molar-refractivity contribution in [3.8, 4) is 0 Å². The minimum absolute atomic E-state index is 0.164. The molecule has 0 radical (unpaired) electrons. The molecule has 0 unspecified atom stereocenters. The van der Waals surface area contributed by atoms with E-state index in [2.05, 4.69) is 4.98 Å². The highest BCUT2D eigenvalue weighted by Gasteiger charge is 2.25. The summed E-state index contributed by atoms with van der Waals surface area (Å²) < 4.78 is 39.7. The smallest absolute Gasteiger partial charge is 0.243 e. The molecule has 1 heterocycles. The van der Waals surface area contributed by atoms with Crippen LogP contribution in [0.2, 0.25) is 0 Å². The van der Waals surface area contributed by atoms with Crippen molar-refractivity contribution in [2.45, 2.75) is 25.3 Å². The second kappa shape index (κ2) is 5.59. The number of halogens is 1. The average Bonchev–Trinajstić information content (AvgIpc) is 2.79. The summed E-state index contributed by atoms with van der Waals surface area (Å²) in [5.74, 6) is -0.430. The third kappa shape index (κ3) is 2.89. The first-order valence-electron chi connectivity index (χ1n) is 5.92. The number of thiazole rings is 1. The maximum atomic E-state index is 13.3. The van der Waals surface area contributed by atoms with E-state index in [1.165, 1.54) is 34.8 Å². The van der Waals surface area contributed by atoms with Crippen molar-refractivity contribution in [3.05, 3.63) is 45.7 Å². The quantitative estimate of drug-likeness (QED) is 0.872. The second-order valence-electron chi connectivity index (χ2n) is 4.61. The summed E-state index contributed by atoms with van der Waals surface area (Å²) in [7, 11) is -2.16. The molecule has 0 saturated carbocycles. The van der Waals surface area contributed by atoms with Gasteiger partial charge in [-0.15, -0.1) is 11.3 Å². The van der Waals surface area contributed by atoms with E-state index in [1.807, 2.05) is 0 Å². The standard InChI is InChI=1S/C13H15FN2O2S2/c1-9-4-11(14)5-10(2)13(9)20(17,18)16(3)6-12-7-19-8-15-12/h4-5,7-8H,6H2,1-3H3. The lowest BCUT2D eigenvalue weighted by Crippen LogP contribution is -2.28. The fraction of sp³-hybridized carbons (Fsp3) is 0.308. The highest BCUT2D eigenvalue weighted by Crippen LogP contribution is 2.25. The van der Waals surface area contributed by atoms with Gasteiger partial charge in [-0.25, -0.2) is 17.8 Å². The van der Waals surface area contributed by atoms with Crippen molar-refractivity contribution < 1.29 is 12.8 Å². The maximum Gasteiger partial charge on any atom is 0.243 e. The van der Waals surface area contributed by atoms with Crippen LogP contribution in [0.25, 0.3) is 0 Å². The summed E-state index contributed by atoms with van der Waals surface area (Å²) >= 11 is 1.41. The highest BCUT2D eigenvalue weighted by atomic mass is 32.2. The molecule has 0 bridgehead atoms. The number of sulfonamides is 1. The first kappa shape index (κ1) is 15.1. The molecule has 7 heteroatoms. The molecular formula is C13H15FN2O2S2. The van der Waals surface area contributed by atoms with E-state index >= 15 is 0 Å². The Balaban J connectivity index is 2.40. The van der Waals surface area contributed by atoms with Crippen molar-refractivity contribution in [1.82, 2.24) is 9.29 Å². The van der Waals surface area contributed by atoms with E-state index in [-0.39, 0.29) is 11.4 Å². The number of aryl methyl sites for hydroxylation is 2. The lowest BCUT2D eigenvalue weighted by atomic mass is 10.1. The first-order chi connectivity index (χ1) is 9.32. The molecule has 0 amide bonds. The summed E-state index contributed by atoms with van der Waals surface area (Å²) in [6.45, 7) is 3.39. The van der Waals surface area contributed by atoms with E-state index in [9.17, 15) is 12.8 Å². The molecule has 0 aliphatic rings. The normalized spacial score (nSPS) is 12.1. The van der Waals surface area contributed by atoms with Gasteiger partial charge in [-0.2, -0.15) is 4.31 Å². The van der Waals surface area contributed by atoms with Crippen molar-refractivity contribution in [2.24, 2.45) is 0 Å². The van der Waals surface area contributed by atoms with Gasteiger partial charge in [0.2, 0.25) is 10.0 Å². The largest absolute Gasteiger partial charge is 0.248 e. The number of rotatable bonds is 4. The molecule has 20 heavy (non-hydrogen) atoms. The Morgan fingerprint density at radius 2 is 1.90 bits per heavy atom. The number of hydrogen-bond donors (Lipinski definition) is 0. The Morgan fingerprint density at radius 1 is 1.30 bits per heavy atom. The van der Waals surface area contributed by atoms with Crippen molar-refractivity contribution >= 4 is 21.4 Å². The van der Waals surface area contributed by atoms with E-state index in [4.69, 9.17) is 0 Å². The van der Waals surface area contributed by atoms with E-state index in [0.29, 0.717) is 16.8 Å². The minimum atomic E-state index is -3.66. The van der Waals surface area contributed by atoms with E-state index < -0.39 is 15.8 Å². The van der Waals surface area contributed by atoms with Crippen LogP contribution < -0.4 is 0 Å². The Hall–Kier alpha value is -1.31. The van der Waals surface area contributed by atoms with Gasteiger partial charge in [0.05, 0.1) is 22.6 Å². The van der Waals surface area contributed by atoms with Gasteiger partial charge in [0.1, 0.15) is 5.82 Å². The summed E-state index contributed by atoms with van der Waals surface area (Å²) in [6, 6.07) is 2.47. The fourth-order valence-electron chi connectivity index (χ4n) is 2.09. The van der Waals surface area contributed by atoms with Gasteiger partial charge in [0, 0.05) is 12.4 Å². The summed E-state index contributed by atoms with van der Waals surface area (Å²) in [6.07, 6.45) is 0. The van der Waals surface area contributed by atoms with Crippen LogP contribution in [-0.2, 0) is 16.6 Å². The van der Waals surface area contributed by atoms with Crippen molar-refractivity contribution in [2.75, 3.05) is 7.05 Å². The summed E-state index contributed by atoms with van der Waals surface area (Å²) in [5.41, 5.74) is 3.17. The number of hydrogen-bond acceptors (Lipinski definition) is 4. The molecule has 0 aliphatic carbocycles. The molecule has 0 fully saturated rings. The summed E-state index contributed by atoms with van der Waals surface area (Å²) in [4.78, 5) is 4.24. The first-order valence-corrected chi connectivity index (χ1v) is 8.31. The topological polar surface area (TPSA) is 50.3 Å². The van der Waals surface area contributed by atoms with Gasteiger partial charge in [-0.05, 0) is 37.1 Å². The highest BCUT2D eigenvalue weighted by molar-refractivity contribution is 7.89. The zero-order valence-electron chi connectivity index (χ0n) is 11.4. The third-order valence-electron chi connectivity index (χ3n) is 2.96. The predicted molar refractivity (Wildman–Crippen MR) is 76.6 cm³/mol. The molecular weight excluding hydrogens is 299 g/mol. The third-order valence-corrected chi connectivity index (χ3v) is 5.71. The number of aromatic nitrogens is 1. The average molecular weight is 314 g/mol. The molecule has 2 aromatic rings. The number of benzene rings is 1. The molecule has 0 atom stereocenters. The van der Waals surface area contributed by atoms with Gasteiger partial charge in [-0.3, -0.25) is 0 Å². The molecule has 1 aromatic carbocycles. The molecule has 0 aliphatic heterocycles. The van der Waals surface area contributed by atoms with Gasteiger partial charge in [-0.1, -0.05) is 0 Å². The van der Waals surface area contributed by atoms with Crippen LogP contribution in [0.5, 0.6) is 0 Å². The van der Waals surface area contributed by atoms with Crippen LogP contribution in [-0.4, -0.2) is 24.8 Å². The van der Waals surface area contributed by atoms with Gasteiger partial charge < -0.3 is 0 Å². The molecule has 2 rings (SSSR count). The van der Waals surface area contributed by atoms with Gasteiger partial charge in [0.15, 0.2) is 0 Å². The van der Waals surface area contributed by atoms with Crippen LogP contribution in [0, 0.1) is 19.7 Å². The fourth-order valence-corrected chi connectivity index (χ4v) is 4.18. The zero-order valence-corrected chi connectivity index (χ0v) is 13.1. The molecule has 0 spiro atoms. The van der Waals surface area contributed by atoms with E-state index in [0.717, 1.165) is 0 Å². The van der Waals surface area contributed by atoms with Crippen molar-refractivity contribution in [3.63, 3.8) is 0 Å². The lowest BCUT2D eigenvalue weighted by Gasteiger charge is -2.19. The van der Waals surface area contributed by atoms with Gasteiger partial charge >= 0.3 is 0 Å². The summed E-state index contributed by atoms with van der Waals surface area (Å²) in [5, 5.41) is 1.80. The Morgan fingerprint density at radius 3 is 2.40 bits per heavy atom. The Kier molecular flexibility index (Phi) is 4.22. The molecule has 0 N–H and O–H groups in total. The van der Waals surface area contributed by atoms with Crippen LogP contribution in [0.15, 0.2) is 27.9 Å². The van der Waals surface area contributed by atoms with Crippen LogP contribution in [0.1, 0.15) is 16.8 Å². The van der Waals surface area contributed by atoms with Crippen LogP contribution in [0.3, 0.4) is 0 Å². The predicted octanol–water partition coefficient (Wildman–Crippen LogP) is 2.72. The van der Waals surface area contributed by atoms with Crippen LogP contribution in [0.4, 0.5) is 4.39 Å². The maximum absolute atomic E-state index is 13.3. The molecule has 1 aromatic heterocycles. The minimum Gasteiger partial charge on any atom is -0.248 e. The Labute approximate surface area is 121 Å². The Bertz CT molecular complexity index is 689. The SMILES string of the molecule is Cc1cc(F)cc(C)c1S(=O)(=O)N(C)Cc1cscn1. The van der Waals surface area contributed by atoms with Gasteiger partial charge in [0.25, 0.3) is 0 Å². The zero-order chi connectivity index (χ0) is 14.9. The molecule has 0 saturated heterocycles. The molecule has 4 nitrogen and oxygen atoms in total. The molecule has 108 valence electrons. The number of nitrogens with zero attached hydrogens (tertiary/aromatic N) is 2.